The summed E-state index contributed by atoms with van der Waals surface area (Å²) in [7, 11) is 0. The van der Waals surface area contributed by atoms with Crippen LogP contribution in [0.25, 0.3) is 0 Å². The van der Waals surface area contributed by atoms with Crippen LogP contribution in [0.5, 0.6) is 0 Å². The summed E-state index contributed by atoms with van der Waals surface area (Å²) in [5.41, 5.74) is 5.53. The van der Waals surface area contributed by atoms with E-state index in [0.717, 1.165) is 18.4 Å². The van der Waals surface area contributed by atoms with Crippen LogP contribution < -0.4 is 10.6 Å². The van der Waals surface area contributed by atoms with Gasteiger partial charge in [-0.15, -0.1) is 0 Å². The fourth-order valence-corrected chi connectivity index (χ4v) is 9.27. The highest BCUT2D eigenvalue weighted by Gasteiger charge is 2.25. The number of nitrogens with zero attached hydrogens (tertiary/aromatic N) is 2. The quantitative estimate of drug-likeness (QED) is 0.284. The lowest BCUT2D eigenvalue weighted by Crippen LogP contribution is -2.32. The zero-order chi connectivity index (χ0) is 29.5. The first-order valence-corrected chi connectivity index (χ1v) is 21.0. The van der Waals surface area contributed by atoms with Crippen molar-refractivity contribution in [2.24, 2.45) is 0 Å². The third kappa shape index (κ3) is 10.5. The minimum Gasteiger partial charge on any atom is -0.299 e. The fourth-order valence-electron chi connectivity index (χ4n) is 5.58. The van der Waals surface area contributed by atoms with Gasteiger partial charge < -0.3 is 0 Å². The molecule has 2 fully saturated rings. The second-order valence-electron chi connectivity index (χ2n) is 13.3. The molecule has 2 saturated heterocycles. The van der Waals surface area contributed by atoms with Gasteiger partial charge in [-0.25, -0.2) is 0 Å². The van der Waals surface area contributed by atoms with Gasteiger partial charge >= 0.3 is 0 Å². The lowest BCUT2D eigenvalue weighted by atomic mass is 9.86. The number of hydrogen-bond donors (Lipinski definition) is 0. The first-order chi connectivity index (χ1) is 18.8. The van der Waals surface area contributed by atoms with E-state index in [4.69, 9.17) is 45.0 Å². The van der Waals surface area contributed by atoms with E-state index in [-0.39, 0.29) is 10.8 Å². The molecule has 2 heterocycles. The summed E-state index contributed by atoms with van der Waals surface area (Å²) in [6.45, 7) is 18.0. The van der Waals surface area contributed by atoms with Gasteiger partial charge in [-0.05, 0) is 84.9 Å². The number of likely N-dealkylation sites (tertiary alicyclic amines) is 2. The summed E-state index contributed by atoms with van der Waals surface area (Å²) < 4.78 is 0. The fraction of sp³-hybridized carbons (Fsp3) is 0.625. The second kappa shape index (κ2) is 15.9. The maximum absolute atomic E-state index is 6.35. The van der Waals surface area contributed by atoms with Crippen molar-refractivity contribution >= 4 is 68.8 Å². The third-order valence-electron chi connectivity index (χ3n) is 7.91. The van der Waals surface area contributed by atoms with Crippen molar-refractivity contribution in [2.45, 2.75) is 104 Å². The highest BCUT2D eigenvalue weighted by molar-refractivity contribution is 8.09. The van der Waals surface area contributed by atoms with Crippen molar-refractivity contribution in [2.75, 3.05) is 26.2 Å². The molecule has 2 aromatic rings. The standard InChI is InChI=1S/2C16H24Cl2NP/c1-16(2,3)14-9-7-8-13(15(14)20(17)18)12-19-10-5-4-6-11-19;1-16(2,3)14-7-8-15(20(17)18)13(11-14)12-19-9-5-4-6-10-19/h7-9H,4-6,10-12H2,1-3H3;7-8,11H,4-6,9-10,12H2,1-3H3. The van der Waals surface area contributed by atoms with Crippen LogP contribution in [0, 0.1) is 0 Å². The van der Waals surface area contributed by atoms with Gasteiger partial charge in [0.15, 0.2) is 0 Å². The maximum Gasteiger partial charge on any atom is 0.117 e. The zero-order valence-corrected chi connectivity index (χ0v) is 30.1. The van der Waals surface area contributed by atoms with Gasteiger partial charge in [0.05, 0.1) is 0 Å². The average Bonchev–Trinajstić information content (AvgIpc) is 2.89. The van der Waals surface area contributed by atoms with Gasteiger partial charge in [0.2, 0.25) is 0 Å². The van der Waals surface area contributed by atoms with Crippen LogP contribution in [0.2, 0.25) is 0 Å². The number of rotatable bonds is 6. The van der Waals surface area contributed by atoms with Crippen LogP contribution in [0.3, 0.4) is 0 Å². The Kier molecular flexibility index (Phi) is 13.9. The smallest absolute Gasteiger partial charge is 0.117 e. The Bertz CT molecular complexity index is 1050. The molecule has 2 aromatic carbocycles. The Hall–Kier alpha value is 0.380. The van der Waals surface area contributed by atoms with Crippen LogP contribution in [-0.4, -0.2) is 36.0 Å². The van der Waals surface area contributed by atoms with E-state index in [9.17, 15) is 0 Å². The summed E-state index contributed by atoms with van der Waals surface area (Å²) in [6, 6.07) is 13.1. The van der Waals surface area contributed by atoms with E-state index in [2.05, 4.69) is 87.7 Å². The van der Waals surface area contributed by atoms with Gasteiger partial charge in [0, 0.05) is 23.7 Å². The molecule has 2 aliphatic rings. The minimum absolute atomic E-state index is 0.0810. The summed E-state index contributed by atoms with van der Waals surface area (Å²) in [4.78, 5) is 5.06. The first kappa shape index (κ1) is 34.9. The lowest BCUT2D eigenvalue weighted by Gasteiger charge is -2.30. The van der Waals surface area contributed by atoms with Crippen LogP contribution >= 0.6 is 58.2 Å². The molecule has 0 radical (unpaired) electrons. The topological polar surface area (TPSA) is 6.48 Å². The van der Waals surface area contributed by atoms with Gasteiger partial charge in [-0.2, -0.15) is 0 Å². The molecular weight excluding hydrogens is 616 g/mol. The molecule has 0 unspecified atom stereocenters. The SMILES string of the molecule is CC(C)(C)c1ccc(P(Cl)Cl)c(CN2CCCCC2)c1.CC(C)(C)c1cccc(CN2CCCCC2)c1P(Cl)Cl. The molecular formula is C32H48Cl4N2P2. The van der Waals surface area contributed by atoms with E-state index in [1.165, 1.54) is 92.3 Å². The van der Waals surface area contributed by atoms with E-state index in [1.807, 2.05) is 0 Å². The molecule has 0 amide bonds. The molecule has 0 saturated carbocycles. The monoisotopic (exact) mass is 662 g/mol. The maximum atomic E-state index is 6.35. The van der Waals surface area contributed by atoms with Gasteiger partial charge in [0.25, 0.3) is 0 Å². The Morgan fingerprint density at radius 3 is 1.60 bits per heavy atom. The number of halogens is 4. The van der Waals surface area contributed by atoms with Gasteiger partial charge in [0.1, 0.15) is 13.3 Å². The Labute approximate surface area is 266 Å². The molecule has 0 spiro atoms. The van der Waals surface area contributed by atoms with Crippen molar-refractivity contribution in [3.8, 4) is 0 Å². The largest absolute Gasteiger partial charge is 0.299 e. The molecule has 40 heavy (non-hydrogen) atoms. The van der Waals surface area contributed by atoms with Crippen molar-refractivity contribution < 1.29 is 0 Å². The van der Waals surface area contributed by atoms with Crippen molar-refractivity contribution in [1.82, 2.24) is 9.80 Å². The second-order valence-corrected chi connectivity index (χ2v) is 20.3. The molecule has 2 nitrogen and oxygen atoms in total. The Balaban J connectivity index is 0.000000220. The van der Waals surface area contributed by atoms with E-state index < -0.39 is 13.3 Å². The molecule has 0 N–H and O–H groups in total. The van der Waals surface area contributed by atoms with Gasteiger partial charge in [-0.3, -0.25) is 9.80 Å². The highest BCUT2D eigenvalue weighted by Crippen LogP contribution is 2.49. The number of benzene rings is 2. The van der Waals surface area contributed by atoms with Crippen LogP contribution in [0.4, 0.5) is 0 Å². The normalized spacial score (nSPS) is 17.7. The van der Waals surface area contributed by atoms with Crippen LogP contribution in [-0.2, 0) is 23.9 Å². The molecule has 2 aliphatic heterocycles. The van der Waals surface area contributed by atoms with Crippen molar-refractivity contribution in [3.63, 3.8) is 0 Å². The number of hydrogen-bond acceptors (Lipinski definition) is 2. The van der Waals surface area contributed by atoms with E-state index >= 15 is 0 Å². The molecule has 0 aromatic heterocycles. The van der Waals surface area contributed by atoms with Crippen LogP contribution in [0.1, 0.15) is 102 Å². The molecule has 224 valence electrons. The Morgan fingerprint density at radius 1 is 0.625 bits per heavy atom. The zero-order valence-electron chi connectivity index (χ0n) is 25.3. The average molecular weight is 665 g/mol. The highest BCUT2D eigenvalue weighted by atomic mass is 35.9. The molecule has 4 rings (SSSR count). The summed E-state index contributed by atoms with van der Waals surface area (Å²) in [6.07, 6.45) is 7.97. The molecule has 0 bridgehead atoms. The van der Waals surface area contributed by atoms with E-state index in [1.54, 1.807) is 0 Å². The molecule has 8 heteroatoms. The van der Waals surface area contributed by atoms with E-state index in [0.29, 0.717) is 0 Å². The predicted molar refractivity (Wildman–Crippen MR) is 185 cm³/mol. The van der Waals surface area contributed by atoms with Crippen molar-refractivity contribution in [1.29, 1.82) is 0 Å². The predicted octanol–water partition coefficient (Wildman–Crippen LogP) is 10.8. The van der Waals surface area contributed by atoms with Crippen molar-refractivity contribution in [3.05, 3.63) is 58.7 Å². The minimum atomic E-state index is -1.11. The number of piperidine rings is 2. The summed E-state index contributed by atoms with van der Waals surface area (Å²) in [5.74, 6) is 0. The molecule has 0 atom stereocenters. The molecule has 0 aliphatic carbocycles. The van der Waals surface area contributed by atoms with Gasteiger partial charge in [-0.1, -0.05) is 136 Å². The summed E-state index contributed by atoms with van der Waals surface area (Å²) >= 11 is 25.1. The van der Waals surface area contributed by atoms with Crippen LogP contribution in [0.15, 0.2) is 36.4 Å². The summed E-state index contributed by atoms with van der Waals surface area (Å²) in [5, 5.41) is 2.31. The first-order valence-electron chi connectivity index (χ1n) is 14.7. The lowest BCUT2D eigenvalue weighted by molar-refractivity contribution is 0.221. The third-order valence-corrected chi connectivity index (χ3v) is 11.7. The Morgan fingerprint density at radius 2 is 1.15 bits per heavy atom.